The second kappa shape index (κ2) is 8.46. The van der Waals surface area contributed by atoms with Gasteiger partial charge in [-0.25, -0.2) is 4.99 Å². The Morgan fingerprint density at radius 3 is 2.60 bits per heavy atom. The maximum absolute atomic E-state index is 6.00. The molecule has 0 bridgehead atoms. The molecule has 1 fully saturated rings. The molecule has 4 nitrogen and oxygen atoms in total. The van der Waals surface area contributed by atoms with Crippen molar-refractivity contribution < 1.29 is 4.74 Å². The van der Waals surface area contributed by atoms with E-state index in [-0.39, 0.29) is 24.0 Å². The van der Waals surface area contributed by atoms with E-state index in [1.807, 2.05) is 26.1 Å². The molecule has 112 valence electrons. The molecule has 20 heavy (non-hydrogen) atoms. The molecular weight excluding hydrogens is 365 g/mol. The number of hydrogen-bond acceptors (Lipinski definition) is 2. The number of guanidine groups is 1. The number of rotatable bonds is 6. The lowest BCUT2D eigenvalue weighted by Crippen LogP contribution is -2.35. The van der Waals surface area contributed by atoms with Gasteiger partial charge in [-0.05, 0) is 30.9 Å². The van der Waals surface area contributed by atoms with E-state index in [0.717, 1.165) is 6.61 Å². The molecule has 0 saturated heterocycles. The number of nitrogens with zero attached hydrogens (tertiary/aromatic N) is 2. The van der Waals surface area contributed by atoms with Gasteiger partial charge in [0.05, 0.1) is 13.2 Å². The molecule has 2 N–H and O–H groups in total. The number of aliphatic imine (C=N–C) groups is 1. The first kappa shape index (κ1) is 17.2. The maximum Gasteiger partial charge on any atom is 0.191 e. The van der Waals surface area contributed by atoms with Gasteiger partial charge in [0.25, 0.3) is 0 Å². The fraction of sp³-hybridized carbons (Fsp3) is 0.533. The summed E-state index contributed by atoms with van der Waals surface area (Å²) in [6.07, 6.45) is 2.46. The Morgan fingerprint density at radius 2 is 2.00 bits per heavy atom. The third-order valence-electron chi connectivity index (χ3n) is 3.45. The Morgan fingerprint density at radius 1 is 1.35 bits per heavy atom. The summed E-state index contributed by atoms with van der Waals surface area (Å²) in [7, 11) is 2.02. The van der Waals surface area contributed by atoms with Crippen LogP contribution in [0.1, 0.15) is 30.9 Å². The Labute approximate surface area is 138 Å². The molecule has 0 aromatic heterocycles. The van der Waals surface area contributed by atoms with Crippen LogP contribution in [0.25, 0.3) is 0 Å². The largest absolute Gasteiger partial charge is 0.377 e. The van der Waals surface area contributed by atoms with Gasteiger partial charge in [0.15, 0.2) is 5.96 Å². The van der Waals surface area contributed by atoms with E-state index in [0.29, 0.717) is 25.2 Å². The van der Waals surface area contributed by atoms with Crippen molar-refractivity contribution in [2.24, 2.45) is 10.7 Å². The second-order valence-electron chi connectivity index (χ2n) is 4.92. The summed E-state index contributed by atoms with van der Waals surface area (Å²) in [5.41, 5.74) is 8.37. The summed E-state index contributed by atoms with van der Waals surface area (Å²) in [4.78, 5) is 6.56. The fourth-order valence-electron chi connectivity index (χ4n) is 1.99. The lowest BCUT2D eigenvalue weighted by molar-refractivity contribution is 0.133. The SMILES string of the molecule is CCOCc1ccccc1CN=C(N)N(C)C1CC1.I. The maximum atomic E-state index is 6.00. The van der Waals surface area contributed by atoms with Crippen LogP contribution in [0.4, 0.5) is 0 Å². The van der Waals surface area contributed by atoms with Crippen LogP contribution in [-0.2, 0) is 17.9 Å². The topological polar surface area (TPSA) is 50.9 Å². The van der Waals surface area contributed by atoms with Gasteiger partial charge in [-0.2, -0.15) is 0 Å². The van der Waals surface area contributed by atoms with Crippen molar-refractivity contribution in [3.8, 4) is 0 Å². The minimum Gasteiger partial charge on any atom is -0.377 e. The van der Waals surface area contributed by atoms with E-state index < -0.39 is 0 Å². The highest BCUT2D eigenvalue weighted by Gasteiger charge is 2.27. The average molecular weight is 389 g/mol. The first-order valence-electron chi connectivity index (χ1n) is 6.89. The van der Waals surface area contributed by atoms with Crippen LogP contribution >= 0.6 is 24.0 Å². The molecule has 1 aliphatic carbocycles. The molecule has 1 saturated carbocycles. The number of ether oxygens (including phenoxy) is 1. The average Bonchev–Trinajstić information content (AvgIpc) is 3.27. The van der Waals surface area contributed by atoms with Crippen molar-refractivity contribution in [2.45, 2.75) is 39.0 Å². The monoisotopic (exact) mass is 389 g/mol. The van der Waals surface area contributed by atoms with Crippen LogP contribution in [-0.4, -0.2) is 30.6 Å². The molecule has 0 amide bonds. The third-order valence-corrected chi connectivity index (χ3v) is 3.45. The molecule has 0 unspecified atom stereocenters. The zero-order chi connectivity index (χ0) is 13.7. The van der Waals surface area contributed by atoms with Crippen molar-refractivity contribution in [2.75, 3.05) is 13.7 Å². The molecule has 1 aromatic rings. The van der Waals surface area contributed by atoms with Crippen LogP contribution in [0.2, 0.25) is 0 Å². The van der Waals surface area contributed by atoms with E-state index >= 15 is 0 Å². The smallest absolute Gasteiger partial charge is 0.191 e. The molecule has 1 aromatic carbocycles. The predicted octanol–water partition coefficient (Wildman–Crippen LogP) is 2.75. The van der Waals surface area contributed by atoms with E-state index in [9.17, 15) is 0 Å². The van der Waals surface area contributed by atoms with Crippen molar-refractivity contribution in [1.82, 2.24) is 4.90 Å². The van der Waals surface area contributed by atoms with Gasteiger partial charge in [0.1, 0.15) is 0 Å². The molecule has 0 spiro atoms. The third kappa shape index (κ3) is 4.94. The molecule has 0 aliphatic heterocycles. The Bertz CT molecular complexity index is 446. The van der Waals surface area contributed by atoms with Gasteiger partial charge in [-0.3, -0.25) is 0 Å². The minimum absolute atomic E-state index is 0. The minimum atomic E-state index is 0. The van der Waals surface area contributed by atoms with Crippen LogP contribution in [0.5, 0.6) is 0 Å². The van der Waals surface area contributed by atoms with Gasteiger partial charge >= 0.3 is 0 Å². The Hall–Kier alpha value is -0.820. The molecule has 0 atom stereocenters. The van der Waals surface area contributed by atoms with Crippen LogP contribution in [0, 0.1) is 0 Å². The summed E-state index contributed by atoms with van der Waals surface area (Å²) >= 11 is 0. The standard InChI is InChI=1S/C15H23N3O.HI/c1-3-19-11-13-7-5-4-6-12(13)10-17-15(16)18(2)14-8-9-14;/h4-7,14H,3,8-11H2,1-2H3,(H2,16,17);1H. The van der Waals surface area contributed by atoms with E-state index in [2.05, 4.69) is 22.0 Å². The fourth-order valence-corrected chi connectivity index (χ4v) is 1.99. The van der Waals surface area contributed by atoms with Crippen molar-refractivity contribution in [3.63, 3.8) is 0 Å². The number of nitrogens with two attached hydrogens (primary N) is 1. The molecule has 0 radical (unpaired) electrons. The highest BCUT2D eigenvalue weighted by atomic mass is 127. The van der Waals surface area contributed by atoms with Gasteiger partial charge in [0, 0.05) is 19.7 Å². The summed E-state index contributed by atoms with van der Waals surface area (Å²) in [6.45, 7) is 3.99. The highest BCUT2D eigenvalue weighted by Crippen LogP contribution is 2.25. The molecule has 0 heterocycles. The number of hydrogen-bond donors (Lipinski definition) is 1. The quantitative estimate of drug-likeness (QED) is 0.463. The Balaban J connectivity index is 0.00000200. The van der Waals surface area contributed by atoms with Crippen molar-refractivity contribution in [1.29, 1.82) is 0 Å². The highest BCUT2D eigenvalue weighted by molar-refractivity contribution is 14.0. The molecule has 1 aliphatic rings. The molecule has 2 rings (SSSR count). The number of benzene rings is 1. The summed E-state index contributed by atoms with van der Waals surface area (Å²) in [6, 6.07) is 8.83. The van der Waals surface area contributed by atoms with Crippen LogP contribution in [0.3, 0.4) is 0 Å². The van der Waals surface area contributed by atoms with E-state index in [4.69, 9.17) is 10.5 Å². The van der Waals surface area contributed by atoms with Gasteiger partial charge in [-0.1, -0.05) is 24.3 Å². The zero-order valence-corrected chi connectivity index (χ0v) is 14.5. The summed E-state index contributed by atoms with van der Waals surface area (Å²) in [5.74, 6) is 0.633. The summed E-state index contributed by atoms with van der Waals surface area (Å²) < 4.78 is 5.47. The van der Waals surface area contributed by atoms with Crippen molar-refractivity contribution >= 4 is 29.9 Å². The number of halogens is 1. The summed E-state index contributed by atoms with van der Waals surface area (Å²) in [5, 5.41) is 0. The zero-order valence-electron chi connectivity index (χ0n) is 12.2. The predicted molar refractivity (Wildman–Crippen MR) is 93.3 cm³/mol. The first-order chi connectivity index (χ1) is 9.22. The second-order valence-corrected chi connectivity index (χ2v) is 4.92. The molecular formula is C15H24IN3O. The van der Waals surface area contributed by atoms with Gasteiger partial charge < -0.3 is 15.4 Å². The van der Waals surface area contributed by atoms with Crippen LogP contribution in [0.15, 0.2) is 29.3 Å². The van der Waals surface area contributed by atoms with Gasteiger partial charge in [-0.15, -0.1) is 24.0 Å². The van der Waals surface area contributed by atoms with Gasteiger partial charge in [0.2, 0.25) is 0 Å². The Kier molecular flexibility index (Phi) is 7.29. The van der Waals surface area contributed by atoms with E-state index in [1.165, 1.54) is 24.0 Å². The lowest BCUT2D eigenvalue weighted by Gasteiger charge is -2.17. The van der Waals surface area contributed by atoms with E-state index in [1.54, 1.807) is 0 Å². The lowest BCUT2D eigenvalue weighted by atomic mass is 10.1. The van der Waals surface area contributed by atoms with Crippen LogP contribution < -0.4 is 5.73 Å². The normalized spacial score (nSPS) is 14.8. The first-order valence-corrected chi connectivity index (χ1v) is 6.89. The van der Waals surface area contributed by atoms with Crippen molar-refractivity contribution in [3.05, 3.63) is 35.4 Å². The molecule has 5 heteroatoms.